The Morgan fingerprint density at radius 2 is 1.67 bits per heavy atom. The first-order chi connectivity index (χ1) is 11.4. The van der Waals surface area contributed by atoms with Gasteiger partial charge in [-0.05, 0) is 62.6 Å². The van der Waals surface area contributed by atoms with E-state index in [-0.39, 0.29) is 5.41 Å². The molecule has 0 nitrogen and oxygen atoms in total. The van der Waals surface area contributed by atoms with E-state index in [1.807, 2.05) is 0 Å². The standard InChI is InChI=1S/C24H28/c1-6-17(2)19-10-12-20(13-11-19)22-9-7-8-21-14-18(15-23(21)22)16-24(3,4)5/h7-17H,6H2,1-5H3. The molecule has 0 bridgehead atoms. The molecule has 0 amide bonds. The smallest absolute Gasteiger partial charge is 0.00994 e. The highest BCUT2D eigenvalue weighted by Gasteiger charge is 2.11. The highest BCUT2D eigenvalue weighted by molar-refractivity contribution is 5.78. The molecule has 0 radical (unpaired) electrons. The van der Waals surface area contributed by atoms with Crippen molar-refractivity contribution in [1.29, 1.82) is 0 Å². The van der Waals surface area contributed by atoms with E-state index in [9.17, 15) is 0 Å². The van der Waals surface area contributed by atoms with E-state index in [1.54, 1.807) is 0 Å². The van der Waals surface area contributed by atoms with Gasteiger partial charge in [0.1, 0.15) is 0 Å². The Morgan fingerprint density at radius 3 is 2.29 bits per heavy atom. The zero-order valence-corrected chi connectivity index (χ0v) is 15.6. The van der Waals surface area contributed by atoms with E-state index in [1.165, 1.54) is 39.1 Å². The Morgan fingerprint density at radius 1 is 0.958 bits per heavy atom. The van der Waals surface area contributed by atoms with Crippen LogP contribution in [0.15, 0.2) is 54.1 Å². The van der Waals surface area contributed by atoms with E-state index < -0.39 is 0 Å². The van der Waals surface area contributed by atoms with Gasteiger partial charge in [-0.3, -0.25) is 0 Å². The predicted molar refractivity (Wildman–Crippen MR) is 106 cm³/mol. The highest BCUT2D eigenvalue weighted by Crippen LogP contribution is 2.24. The molecule has 0 N–H and O–H groups in total. The van der Waals surface area contributed by atoms with E-state index in [0.29, 0.717) is 5.92 Å². The van der Waals surface area contributed by atoms with E-state index in [2.05, 4.69) is 95.3 Å². The van der Waals surface area contributed by atoms with Crippen LogP contribution in [-0.2, 0) is 0 Å². The molecule has 1 aliphatic carbocycles. The quantitative estimate of drug-likeness (QED) is 0.710. The van der Waals surface area contributed by atoms with Crippen molar-refractivity contribution in [1.82, 2.24) is 0 Å². The fourth-order valence-electron chi connectivity index (χ4n) is 3.32. The third-order valence-corrected chi connectivity index (χ3v) is 4.78. The monoisotopic (exact) mass is 316 g/mol. The lowest BCUT2D eigenvalue weighted by molar-refractivity contribution is 0.543. The summed E-state index contributed by atoms with van der Waals surface area (Å²) in [4.78, 5) is 0. The molecule has 0 aromatic heterocycles. The summed E-state index contributed by atoms with van der Waals surface area (Å²) in [6.07, 6.45) is 8.17. The minimum atomic E-state index is 0.197. The van der Waals surface area contributed by atoms with Crippen molar-refractivity contribution in [3.05, 3.63) is 70.1 Å². The molecule has 2 aromatic rings. The second-order valence-electron chi connectivity index (χ2n) is 8.04. The number of fused-ring (bicyclic) bond motifs is 1. The van der Waals surface area contributed by atoms with Crippen LogP contribution in [0.1, 0.15) is 52.5 Å². The SMILES string of the molecule is CCC(C)c1ccc(-c2cccc3c2=CC(=CC(C)(C)C)C=3)cc1. The van der Waals surface area contributed by atoms with Gasteiger partial charge in [0.05, 0.1) is 0 Å². The molecule has 1 atom stereocenters. The van der Waals surface area contributed by atoms with Gasteiger partial charge >= 0.3 is 0 Å². The summed E-state index contributed by atoms with van der Waals surface area (Å²) in [7, 11) is 0. The number of rotatable bonds is 3. The maximum Gasteiger partial charge on any atom is -0.00994 e. The molecule has 3 rings (SSSR count). The molecule has 24 heavy (non-hydrogen) atoms. The molecule has 0 aliphatic heterocycles. The lowest BCUT2D eigenvalue weighted by Gasteiger charge is -2.12. The van der Waals surface area contributed by atoms with Crippen LogP contribution in [0.2, 0.25) is 0 Å². The Hall–Kier alpha value is -2.08. The van der Waals surface area contributed by atoms with Gasteiger partial charge in [0.15, 0.2) is 0 Å². The molecular formula is C24H28. The van der Waals surface area contributed by atoms with Crippen molar-refractivity contribution in [2.24, 2.45) is 5.41 Å². The summed E-state index contributed by atoms with van der Waals surface area (Å²) in [5, 5.41) is 2.68. The molecule has 0 spiro atoms. The van der Waals surface area contributed by atoms with Crippen LogP contribution >= 0.6 is 0 Å². The van der Waals surface area contributed by atoms with Crippen molar-refractivity contribution in [2.45, 2.75) is 47.0 Å². The van der Waals surface area contributed by atoms with Crippen LogP contribution in [0.25, 0.3) is 23.3 Å². The second-order valence-corrected chi connectivity index (χ2v) is 8.04. The number of benzene rings is 2. The molecule has 124 valence electrons. The number of hydrogen-bond acceptors (Lipinski definition) is 0. The summed E-state index contributed by atoms with van der Waals surface area (Å²) < 4.78 is 0. The molecular weight excluding hydrogens is 288 g/mol. The van der Waals surface area contributed by atoms with E-state index in [0.717, 1.165) is 0 Å². The van der Waals surface area contributed by atoms with Crippen molar-refractivity contribution in [2.75, 3.05) is 0 Å². The third kappa shape index (κ3) is 3.53. The Bertz CT molecular complexity index is 871. The molecule has 0 fully saturated rings. The van der Waals surface area contributed by atoms with Gasteiger partial charge in [0, 0.05) is 0 Å². The molecule has 0 heterocycles. The molecule has 0 saturated carbocycles. The summed E-state index contributed by atoms with van der Waals surface area (Å²) in [5.41, 5.74) is 5.58. The number of hydrogen-bond donors (Lipinski definition) is 0. The average molecular weight is 316 g/mol. The summed E-state index contributed by atoms with van der Waals surface area (Å²) in [6.45, 7) is 11.3. The van der Waals surface area contributed by atoms with E-state index in [4.69, 9.17) is 0 Å². The van der Waals surface area contributed by atoms with Gasteiger partial charge in [0.2, 0.25) is 0 Å². The Balaban J connectivity index is 2.05. The molecule has 1 unspecified atom stereocenters. The topological polar surface area (TPSA) is 0 Å². The maximum absolute atomic E-state index is 2.35. The number of allylic oxidation sites excluding steroid dienone is 2. The van der Waals surface area contributed by atoms with Gasteiger partial charge < -0.3 is 0 Å². The van der Waals surface area contributed by atoms with Gasteiger partial charge in [0.25, 0.3) is 0 Å². The van der Waals surface area contributed by atoms with Crippen LogP contribution < -0.4 is 10.4 Å². The van der Waals surface area contributed by atoms with E-state index >= 15 is 0 Å². The zero-order chi connectivity index (χ0) is 17.3. The predicted octanol–water partition coefficient (Wildman–Crippen LogP) is 5.41. The minimum Gasteiger partial charge on any atom is -0.0718 e. The maximum atomic E-state index is 2.35. The largest absolute Gasteiger partial charge is 0.0718 e. The highest BCUT2D eigenvalue weighted by atomic mass is 14.2. The first-order valence-corrected chi connectivity index (χ1v) is 9.03. The molecule has 2 aromatic carbocycles. The molecule has 0 saturated heterocycles. The summed E-state index contributed by atoms with van der Waals surface area (Å²) in [5.74, 6) is 0.627. The second kappa shape index (κ2) is 6.43. The first-order valence-electron chi connectivity index (χ1n) is 9.03. The van der Waals surface area contributed by atoms with Gasteiger partial charge in [-0.2, -0.15) is 0 Å². The van der Waals surface area contributed by atoms with Crippen LogP contribution in [0.3, 0.4) is 0 Å². The van der Waals surface area contributed by atoms with Crippen molar-refractivity contribution >= 4 is 12.2 Å². The zero-order valence-electron chi connectivity index (χ0n) is 15.6. The lowest BCUT2D eigenvalue weighted by Crippen LogP contribution is -2.22. The Kier molecular flexibility index (Phi) is 4.49. The average Bonchev–Trinajstić information content (AvgIpc) is 2.94. The molecule has 1 aliphatic rings. The van der Waals surface area contributed by atoms with Gasteiger partial charge in [-0.1, -0.05) is 83.2 Å². The Labute approximate surface area is 146 Å². The molecule has 0 heteroatoms. The van der Waals surface area contributed by atoms with Gasteiger partial charge in [-0.15, -0.1) is 0 Å². The normalized spacial score (nSPS) is 16.5. The van der Waals surface area contributed by atoms with Crippen molar-refractivity contribution in [3.63, 3.8) is 0 Å². The van der Waals surface area contributed by atoms with Crippen LogP contribution in [0.4, 0.5) is 0 Å². The lowest BCUT2D eigenvalue weighted by atomic mass is 9.93. The van der Waals surface area contributed by atoms with Crippen molar-refractivity contribution in [3.8, 4) is 11.1 Å². The first kappa shape index (κ1) is 16.8. The minimum absolute atomic E-state index is 0.197. The van der Waals surface area contributed by atoms with Crippen LogP contribution in [0, 0.1) is 5.41 Å². The summed E-state index contributed by atoms with van der Waals surface area (Å²) in [6, 6.07) is 15.7. The van der Waals surface area contributed by atoms with Gasteiger partial charge in [-0.25, -0.2) is 0 Å². The fraction of sp³-hybridized carbons (Fsp3) is 0.333. The van der Waals surface area contributed by atoms with Crippen LogP contribution in [-0.4, -0.2) is 0 Å². The van der Waals surface area contributed by atoms with Crippen molar-refractivity contribution < 1.29 is 0 Å². The van der Waals surface area contributed by atoms with Crippen LogP contribution in [0.5, 0.6) is 0 Å². The summed E-state index contributed by atoms with van der Waals surface area (Å²) >= 11 is 0. The third-order valence-electron chi connectivity index (χ3n) is 4.78. The fourth-order valence-corrected chi connectivity index (χ4v) is 3.32.